The Bertz CT molecular complexity index is 788. The molecule has 3 rings (SSSR count). The van der Waals surface area contributed by atoms with Crippen molar-refractivity contribution in [1.82, 2.24) is 10.2 Å². The van der Waals surface area contributed by atoms with Gasteiger partial charge in [-0.1, -0.05) is 41.4 Å². The number of amides is 1. The van der Waals surface area contributed by atoms with Gasteiger partial charge in [0.1, 0.15) is 12.4 Å². The van der Waals surface area contributed by atoms with Gasteiger partial charge in [-0.2, -0.15) is 0 Å². The summed E-state index contributed by atoms with van der Waals surface area (Å²) >= 11 is 12.0. The molecule has 1 aliphatic heterocycles. The van der Waals surface area contributed by atoms with Crippen molar-refractivity contribution in [3.8, 4) is 5.75 Å². The summed E-state index contributed by atoms with van der Waals surface area (Å²) in [7, 11) is 0. The number of nitrogens with zero attached hydrogens (tertiary/aromatic N) is 1. The van der Waals surface area contributed by atoms with Crippen LogP contribution in [0.1, 0.15) is 24.0 Å². The number of ether oxygens (including phenoxy) is 1. The molecule has 1 N–H and O–H groups in total. The van der Waals surface area contributed by atoms with E-state index in [4.69, 9.17) is 27.9 Å². The summed E-state index contributed by atoms with van der Waals surface area (Å²) in [5, 5.41) is 4.43. The van der Waals surface area contributed by atoms with Gasteiger partial charge >= 0.3 is 0 Å². The molecule has 0 aromatic heterocycles. The topological polar surface area (TPSA) is 41.6 Å². The first-order valence-electron chi connectivity index (χ1n) is 9.65. The highest BCUT2D eigenvalue weighted by Gasteiger charge is 2.24. The average Bonchev–Trinajstić information content (AvgIpc) is 2.70. The van der Waals surface area contributed by atoms with Crippen LogP contribution in [0.15, 0.2) is 42.5 Å². The van der Waals surface area contributed by atoms with Gasteiger partial charge in [-0.05, 0) is 68.2 Å². The Morgan fingerprint density at radius 2 is 1.86 bits per heavy atom. The number of hydrogen-bond acceptors (Lipinski definition) is 3. The van der Waals surface area contributed by atoms with E-state index in [9.17, 15) is 4.79 Å². The second-order valence-electron chi connectivity index (χ2n) is 7.23. The number of piperidine rings is 1. The molecule has 0 saturated carbocycles. The third-order valence-corrected chi connectivity index (χ3v) is 5.75. The van der Waals surface area contributed by atoms with Crippen molar-refractivity contribution in [2.24, 2.45) is 5.92 Å². The largest absolute Gasteiger partial charge is 0.492 e. The van der Waals surface area contributed by atoms with E-state index in [2.05, 4.69) is 22.3 Å². The summed E-state index contributed by atoms with van der Waals surface area (Å²) in [6.07, 6.45) is 1.77. The molecule has 2 aromatic rings. The first-order valence-corrected chi connectivity index (χ1v) is 10.4. The van der Waals surface area contributed by atoms with Crippen molar-refractivity contribution < 1.29 is 9.53 Å². The number of carbonyl (C=O) groups excluding carboxylic acids is 1. The number of hydrogen-bond donors (Lipinski definition) is 1. The summed E-state index contributed by atoms with van der Waals surface area (Å²) < 4.78 is 5.65. The zero-order valence-corrected chi connectivity index (χ0v) is 17.6. The van der Waals surface area contributed by atoms with Crippen LogP contribution in [0.4, 0.5) is 0 Å². The molecule has 28 heavy (non-hydrogen) atoms. The van der Waals surface area contributed by atoms with Crippen molar-refractivity contribution in [2.75, 3.05) is 26.2 Å². The predicted molar refractivity (Wildman–Crippen MR) is 114 cm³/mol. The fraction of sp³-hybridized carbons (Fsp3) is 0.409. The van der Waals surface area contributed by atoms with Crippen LogP contribution in [0.2, 0.25) is 10.0 Å². The maximum absolute atomic E-state index is 12.4. The molecule has 2 aromatic carbocycles. The minimum absolute atomic E-state index is 0.0790. The third kappa shape index (κ3) is 6.13. The smallest absolute Gasteiger partial charge is 0.223 e. The number of carbonyl (C=O) groups is 1. The van der Waals surface area contributed by atoms with Crippen molar-refractivity contribution in [1.29, 1.82) is 0 Å². The van der Waals surface area contributed by atoms with Crippen LogP contribution in [-0.4, -0.2) is 37.0 Å². The minimum atomic E-state index is 0.0790. The van der Waals surface area contributed by atoms with E-state index in [1.54, 1.807) is 6.07 Å². The molecule has 150 valence electrons. The Morgan fingerprint density at radius 3 is 2.54 bits per heavy atom. The maximum Gasteiger partial charge on any atom is 0.223 e. The van der Waals surface area contributed by atoms with Gasteiger partial charge in [0.25, 0.3) is 0 Å². The zero-order valence-electron chi connectivity index (χ0n) is 16.1. The second kappa shape index (κ2) is 10.1. The van der Waals surface area contributed by atoms with Crippen molar-refractivity contribution >= 4 is 29.1 Å². The summed E-state index contributed by atoms with van der Waals surface area (Å²) in [4.78, 5) is 14.8. The van der Waals surface area contributed by atoms with Gasteiger partial charge in [-0.25, -0.2) is 0 Å². The molecule has 1 aliphatic rings. The van der Waals surface area contributed by atoms with Gasteiger partial charge in [0.15, 0.2) is 0 Å². The molecule has 0 spiro atoms. The van der Waals surface area contributed by atoms with Gasteiger partial charge in [0.05, 0.1) is 6.54 Å². The van der Waals surface area contributed by atoms with Gasteiger partial charge in [0, 0.05) is 22.5 Å². The lowest BCUT2D eigenvalue weighted by Gasteiger charge is -2.31. The van der Waals surface area contributed by atoms with E-state index in [1.807, 2.05) is 31.2 Å². The van der Waals surface area contributed by atoms with Gasteiger partial charge in [-0.3, -0.25) is 9.69 Å². The van der Waals surface area contributed by atoms with Crippen LogP contribution in [-0.2, 0) is 11.3 Å². The van der Waals surface area contributed by atoms with Crippen LogP contribution >= 0.6 is 23.2 Å². The molecule has 1 amide bonds. The molecule has 0 aliphatic carbocycles. The van der Waals surface area contributed by atoms with Crippen molar-refractivity contribution in [2.45, 2.75) is 26.3 Å². The highest BCUT2D eigenvalue weighted by molar-refractivity contribution is 6.31. The zero-order chi connectivity index (χ0) is 19.9. The van der Waals surface area contributed by atoms with Gasteiger partial charge < -0.3 is 10.1 Å². The number of aryl methyl sites for hydroxylation is 1. The normalized spacial score (nSPS) is 15.4. The number of benzene rings is 2. The monoisotopic (exact) mass is 420 g/mol. The Balaban J connectivity index is 1.34. The highest BCUT2D eigenvalue weighted by atomic mass is 35.5. The second-order valence-corrected chi connectivity index (χ2v) is 8.07. The fourth-order valence-corrected chi connectivity index (χ4v) is 3.65. The molecule has 1 fully saturated rings. The highest BCUT2D eigenvalue weighted by Crippen LogP contribution is 2.22. The van der Waals surface area contributed by atoms with E-state index in [-0.39, 0.29) is 11.8 Å². The van der Waals surface area contributed by atoms with Crippen LogP contribution in [0.5, 0.6) is 5.75 Å². The lowest BCUT2D eigenvalue weighted by molar-refractivity contribution is -0.126. The Morgan fingerprint density at radius 1 is 1.14 bits per heavy atom. The maximum atomic E-state index is 12.4. The predicted octanol–water partition coefficient (Wildman–Crippen LogP) is 4.71. The number of likely N-dealkylation sites (tertiary alicyclic amines) is 1. The molecule has 0 atom stereocenters. The van der Waals surface area contributed by atoms with Gasteiger partial charge in [0.2, 0.25) is 5.91 Å². The molecular formula is C22H26Cl2N2O2. The van der Waals surface area contributed by atoms with Crippen molar-refractivity contribution in [3.05, 3.63) is 63.6 Å². The minimum Gasteiger partial charge on any atom is -0.492 e. The van der Waals surface area contributed by atoms with Crippen LogP contribution in [0, 0.1) is 12.8 Å². The lowest BCUT2D eigenvalue weighted by atomic mass is 9.95. The summed E-state index contributed by atoms with van der Waals surface area (Å²) in [6, 6.07) is 13.6. The molecule has 1 saturated heterocycles. The Kier molecular flexibility index (Phi) is 7.60. The molecule has 4 nitrogen and oxygen atoms in total. The Hall–Kier alpha value is -1.75. The summed E-state index contributed by atoms with van der Waals surface area (Å²) in [5.74, 6) is 0.923. The molecule has 0 radical (unpaired) electrons. The first kappa shape index (κ1) is 21.0. The summed E-state index contributed by atoms with van der Waals surface area (Å²) in [6.45, 7) is 5.64. The number of halogens is 2. The number of rotatable bonds is 7. The van der Waals surface area contributed by atoms with E-state index in [1.165, 1.54) is 5.56 Å². The van der Waals surface area contributed by atoms with Crippen LogP contribution in [0.25, 0.3) is 0 Å². The van der Waals surface area contributed by atoms with E-state index < -0.39 is 0 Å². The van der Waals surface area contributed by atoms with E-state index >= 15 is 0 Å². The standard InChI is InChI=1S/C22H26Cl2N2O2/c1-16-2-7-20(14-21(16)24)28-13-10-25-22(27)18-8-11-26(12-9-18)15-17-3-5-19(23)6-4-17/h2-7,14,18H,8-13,15H2,1H3,(H,25,27). The van der Waals surface area contributed by atoms with Gasteiger partial charge in [-0.15, -0.1) is 0 Å². The fourth-order valence-electron chi connectivity index (χ4n) is 3.35. The third-order valence-electron chi connectivity index (χ3n) is 5.09. The van der Waals surface area contributed by atoms with Crippen molar-refractivity contribution in [3.63, 3.8) is 0 Å². The van der Waals surface area contributed by atoms with E-state index in [0.29, 0.717) is 18.2 Å². The molecular weight excluding hydrogens is 395 g/mol. The van der Waals surface area contributed by atoms with E-state index in [0.717, 1.165) is 48.8 Å². The Labute approximate surface area is 176 Å². The van der Waals surface area contributed by atoms with Crippen LogP contribution in [0.3, 0.4) is 0 Å². The SMILES string of the molecule is Cc1ccc(OCCNC(=O)C2CCN(Cc3ccc(Cl)cc3)CC2)cc1Cl. The molecule has 6 heteroatoms. The van der Waals surface area contributed by atoms with Crippen LogP contribution < -0.4 is 10.1 Å². The molecule has 0 unspecified atom stereocenters. The first-order chi connectivity index (χ1) is 13.5. The molecule has 1 heterocycles. The number of nitrogens with one attached hydrogen (secondary N) is 1. The summed E-state index contributed by atoms with van der Waals surface area (Å²) in [5.41, 5.74) is 2.27. The quantitative estimate of drug-likeness (QED) is 0.659. The molecule has 0 bridgehead atoms. The average molecular weight is 421 g/mol. The lowest BCUT2D eigenvalue weighted by Crippen LogP contribution is -2.41.